The van der Waals surface area contributed by atoms with Gasteiger partial charge in [0.1, 0.15) is 0 Å². The summed E-state index contributed by atoms with van der Waals surface area (Å²) in [5, 5.41) is 3.47. The Morgan fingerprint density at radius 2 is 1.79 bits per heavy atom. The second-order valence-corrected chi connectivity index (χ2v) is 5.84. The Morgan fingerprint density at radius 1 is 1.08 bits per heavy atom. The number of hydrogen-bond donors (Lipinski definition) is 1. The Morgan fingerprint density at radius 3 is 2.46 bits per heavy atom. The SMILES string of the molecule is Cc1ccc(NC(=O)COC(=O)/C=C/c2ccc(Cl)c(Cl)c2)cc1. The fraction of sp³-hybridized carbons (Fsp3) is 0.111. The summed E-state index contributed by atoms with van der Waals surface area (Å²) in [5.41, 5.74) is 2.44. The van der Waals surface area contributed by atoms with E-state index in [0.29, 0.717) is 21.3 Å². The first kappa shape index (κ1) is 18.0. The lowest BCUT2D eigenvalue weighted by Crippen LogP contribution is -2.20. The number of carbonyl (C=O) groups is 2. The molecule has 0 aromatic heterocycles. The van der Waals surface area contributed by atoms with Gasteiger partial charge in [0.25, 0.3) is 5.91 Å². The maximum Gasteiger partial charge on any atom is 0.331 e. The van der Waals surface area contributed by atoms with E-state index in [1.54, 1.807) is 30.3 Å². The molecule has 0 radical (unpaired) electrons. The van der Waals surface area contributed by atoms with Gasteiger partial charge in [0.15, 0.2) is 6.61 Å². The van der Waals surface area contributed by atoms with Gasteiger partial charge in [-0.25, -0.2) is 4.79 Å². The number of halogens is 2. The van der Waals surface area contributed by atoms with Gasteiger partial charge in [-0.1, -0.05) is 47.0 Å². The van der Waals surface area contributed by atoms with E-state index in [4.69, 9.17) is 27.9 Å². The second kappa shape index (κ2) is 8.52. The van der Waals surface area contributed by atoms with E-state index in [9.17, 15) is 9.59 Å². The molecule has 2 aromatic rings. The Balaban J connectivity index is 1.81. The molecule has 0 saturated carbocycles. The van der Waals surface area contributed by atoms with Crippen LogP contribution in [0, 0.1) is 6.92 Å². The zero-order chi connectivity index (χ0) is 17.5. The third-order valence-corrected chi connectivity index (χ3v) is 3.78. The van der Waals surface area contributed by atoms with Crippen molar-refractivity contribution in [3.63, 3.8) is 0 Å². The van der Waals surface area contributed by atoms with Crippen LogP contribution >= 0.6 is 23.2 Å². The predicted molar refractivity (Wildman–Crippen MR) is 96.3 cm³/mol. The summed E-state index contributed by atoms with van der Waals surface area (Å²) in [5.74, 6) is -1.03. The minimum absolute atomic E-state index is 0.363. The lowest BCUT2D eigenvalue weighted by molar-refractivity contribution is -0.142. The summed E-state index contributed by atoms with van der Waals surface area (Å²) in [6, 6.07) is 12.3. The molecule has 2 aromatic carbocycles. The molecule has 0 atom stereocenters. The summed E-state index contributed by atoms with van der Waals surface area (Å²) in [7, 11) is 0. The molecule has 0 saturated heterocycles. The van der Waals surface area contributed by atoms with E-state index >= 15 is 0 Å². The van der Waals surface area contributed by atoms with Crippen molar-refractivity contribution in [3.8, 4) is 0 Å². The molecule has 0 fully saturated rings. The fourth-order valence-electron chi connectivity index (χ4n) is 1.80. The molecule has 0 bridgehead atoms. The number of hydrogen-bond acceptors (Lipinski definition) is 3. The van der Waals surface area contributed by atoms with Crippen LogP contribution in [0.25, 0.3) is 6.08 Å². The number of esters is 1. The van der Waals surface area contributed by atoms with Crippen molar-refractivity contribution in [3.05, 3.63) is 69.7 Å². The largest absolute Gasteiger partial charge is 0.452 e. The molecule has 0 spiro atoms. The van der Waals surface area contributed by atoms with Crippen LogP contribution in [0.5, 0.6) is 0 Å². The number of carbonyl (C=O) groups excluding carboxylic acids is 2. The molecule has 0 aliphatic heterocycles. The third kappa shape index (κ3) is 5.72. The highest BCUT2D eigenvalue weighted by molar-refractivity contribution is 6.42. The highest BCUT2D eigenvalue weighted by Crippen LogP contribution is 2.23. The lowest BCUT2D eigenvalue weighted by Gasteiger charge is -2.05. The second-order valence-electron chi connectivity index (χ2n) is 5.03. The first-order chi connectivity index (χ1) is 11.4. The monoisotopic (exact) mass is 363 g/mol. The van der Waals surface area contributed by atoms with Crippen molar-refractivity contribution in [2.45, 2.75) is 6.92 Å². The van der Waals surface area contributed by atoms with Gasteiger partial charge in [-0.2, -0.15) is 0 Å². The maximum atomic E-state index is 11.7. The van der Waals surface area contributed by atoms with Gasteiger partial charge >= 0.3 is 5.97 Å². The quantitative estimate of drug-likeness (QED) is 0.628. The van der Waals surface area contributed by atoms with Gasteiger partial charge in [-0.3, -0.25) is 4.79 Å². The fourth-order valence-corrected chi connectivity index (χ4v) is 2.11. The van der Waals surface area contributed by atoms with Gasteiger partial charge in [0, 0.05) is 11.8 Å². The third-order valence-electron chi connectivity index (χ3n) is 3.04. The minimum atomic E-state index is -0.625. The van der Waals surface area contributed by atoms with Gasteiger partial charge in [0.05, 0.1) is 10.0 Å². The summed E-state index contributed by atoms with van der Waals surface area (Å²) >= 11 is 11.7. The smallest absolute Gasteiger partial charge is 0.331 e. The summed E-state index contributed by atoms with van der Waals surface area (Å²) in [6.45, 7) is 1.59. The molecule has 1 amide bonds. The van der Waals surface area contributed by atoms with E-state index in [-0.39, 0.29) is 6.61 Å². The first-order valence-corrected chi connectivity index (χ1v) is 7.86. The van der Waals surface area contributed by atoms with Crippen LogP contribution in [0.3, 0.4) is 0 Å². The average molecular weight is 364 g/mol. The Hall–Kier alpha value is -2.30. The normalized spacial score (nSPS) is 10.6. The molecule has 24 heavy (non-hydrogen) atoms. The van der Waals surface area contributed by atoms with E-state index in [2.05, 4.69) is 5.32 Å². The zero-order valence-corrected chi connectivity index (χ0v) is 14.4. The first-order valence-electron chi connectivity index (χ1n) is 7.10. The van der Waals surface area contributed by atoms with Crippen LogP contribution in [0.2, 0.25) is 10.0 Å². The van der Waals surface area contributed by atoms with Gasteiger partial charge in [-0.15, -0.1) is 0 Å². The predicted octanol–water partition coefficient (Wildman–Crippen LogP) is 4.50. The maximum absolute atomic E-state index is 11.7. The van der Waals surface area contributed by atoms with Gasteiger partial charge in [-0.05, 0) is 42.8 Å². The van der Waals surface area contributed by atoms with Crippen molar-refractivity contribution in [1.82, 2.24) is 0 Å². The van der Waals surface area contributed by atoms with E-state index in [0.717, 1.165) is 5.56 Å². The number of rotatable bonds is 5. The van der Waals surface area contributed by atoms with Crippen molar-refractivity contribution in [2.75, 3.05) is 11.9 Å². The number of ether oxygens (including phenoxy) is 1. The molecule has 4 nitrogen and oxygen atoms in total. The van der Waals surface area contributed by atoms with Crippen molar-refractivity contribution >= 4 is 46.8 Å². The van der Waals surface area contributed by atoms with Crippen LogP contribution in [-0.4, -0.2) is 18.5 Å². The molecule has 0 aliphatic rings. The number of amides is 1. The van der Waals surface area contributed by atoms with Crippen LogP contribution in [0.15, 0.2) is 48.5 Å². The summed E-state index contributed by atoms with van der Waals surface area (Å²) < 4.78 is 4.88. The topological polar surface area (TPSA) is 55.4 Å². The molecule has 0 heterocycles. The summed E-state index contributed by atoms with van der Waals surface area (Å²) in [6.07, 6.45) is 2.75. The number of benzene rings is 2. The molecular weight excluding hydrogens is 349 g/mol. The Kier molecular flexibility index (Phi) is 6.41. The Bertz CT molecular complexity index is 770. The van der Waals surface area contributed by atoms with Crippen molar-refractivity contribution in [1.29, 1.82) is 0 Å². The van der Waals surface area contributed by atoms with Gasteiger partial charge < -0.3 is 10.1 Å². The van der Waals surface area contributed by atoms with E-state index < -0.39 is 11.9 Å². The van der Waals surface area contributed by atoms with Crippen LogP contribution in [-0.2, 0) is 14.3 Å². The minimum Gasteiger partial charge on any atom is -0.452 e. The Labute approximate surface area is 150 Å². The van der Waals surface area contributed by atoms with E-state index in [1.807, 2.05) is 19.1 Å². The molecule has 2 rings (SSSR count). The molecule has 0 aliphatic carbocycles. The van der Waals surface area contributed by atoms with Crippen LogP contribution < -0.4 is 5.32 Å². The van der Waals surface area contributed by atoms with Gasteiger partial charge in [0.2, 0.25) is 0 Å². The number of anilines is 1. The zero-order valence-electron chi connectivity index (χ0n) is 12.9. The molecule has 1 N–H and O–H groups in total. The van der Waals surface area contributed by atoms with Crippen molar-refractivity contribution < 1.29 is 14.3 Å². The van der Waals surface area contributed by atoms with Crippen molar-refractivity contribution in [2.24, 2.45) is 0 Å². The molecular formula is C18H15Cl2NO3. The highest BCUT2D eigenvalue weighted by atomic mass is 35.5. The summed E-state index contributed by atoms with van der Waals surface area (Å²) in [4.78, 5) is 23.3. The molecule has 6 heteroatoms. The number of aryl methyl sites for hydroxylation is 1. The lowest BCUT2D eigenvalue weighted by atomic mass is 10.2. The van der Waals surface area contributed by atoms with Crippen LogP contribution in [0.4, 0.5) is 5.69 Å². The molecule has 124 valence electrons. The van der Waals surface area contributed by atoms with Crippen LogP contribution in [0.1, 0.15) is 11.1 Å². The highest BCUT2D eigenvalue weighted by Gasteiger charge is 2.06. The van der Waals surface area contributed by atoms with E-state index in [1.165, 1.54) is 12.2 Å². The average Bonchev–Trinajstić information content (AvgIpc) is 2.56. The standard InChI is InChI=1S/C18H15Cl2NO3/c1-12-2-6-14(7-3-12)21-17(22)11-24-18(23)9-5-13-4-8-15(19)16(20)10-13/h2-10H,11H2,1H3,(H,21,22)/b9-5+. The molecule has 0 unspecified atom stereocenters. The number of nitrogens with one attached hydrogen (secondary N) is 1.